The Morgan fingerprint density at radius 3 is 2.33 bits per heavy atom. The van der Waals surface area contributed by atoms with Crippen LogP contribution in [0, 0.1) is 0 Å². The summed E-state index contributed by atoms with van der Waals surface area (Å²) in [6.45, 7) is 0.977. The third-order valence-electron chi connectivity index (χ3n) is 1.12. The van der Waals surface area contributed by atoms with Crippen LogP contribution < -0.4 is 0 Å². The van der Waals surface area contributed by atoms with E-state index in [0.29, 0.717) is 0 Å². The van der Waals surface area contributed by atoms with Gasteiger partial charge in [-0.2, -0.15) is 8.42 Å². The summed E-state index contributed by atoms with van der Waals surface area (Å²) in [7, 11) is -4.05. The Balaban J connectivity index is 4.15. The standard InChI is InChI=1S/C5H10O6S/c1-4(7)5(8)2-12(9,10)11-3-6/h3-5,7-8H,2H2,1H3. The van der Waals surface area contributed by atoms with Gasteiger partial charge in [-0.15, -0.1) is 0 Å². The maximum Gasteiger partial charge on any atom is 0.314 e. The smallest absolute Gasteiger partial charge is 0.314 e. The van der Waals surface area contributed by atoms with Crippen molar-refractivity contribution in [1.82, 2.24) is 0 Å². The van der Waals surface area contributed by atoms with Crippen LogP contribution in [0.15, 0.2) is 0 Å². The van der Waals surface area contributed by atoms with E-state index in [9.17, 15) is 13.2 Å². The van der Waals surface area contributed by atoms with Crippen molar-refractivity contribution in [3.8, 4) is 0 Å². The summed E-state index contributed by atoms with van der Waals surface area (Å²) in [4.78, 5) is 9.63. The molecule has 0 aliphatic heterocycles. The third kappa shape index (κ3) is 4.27. The summed E-state index contributed by atoms with van der Waals surface area (Å²) >= 11 is 0. The first kappa shape index (κ1) is 11.3. The highest BCUT2D eigenvalue weighted by Crippen LogP contribution is 1.99. The van der Waals surface area contributed by atoms with E-state index in [4.69, 9.17) is 10.2 Å². The fourth-order valence-electron chi connectivity index (χ4n) is 0.448. The summed E-state index contributed by atoms with van der Waals surface area (Å²) in [6.07, 6.45) is -2.63. The second kappa shape index (κ2) is 4.39. The molecule has 0 heterocycles. The summed E-state index contributed by atoms with van der Waals surface area (Å²) in [5.41, 5.74) is 0. The maximum atomic E-state index is 10.6. The molecular formula is C5H10O6S. The van der Waals surface area contributed by atoms with Crippen molar-refractivity contribution in [3.05, 3.63) is 0 Å². The van der Waals surface area contributed by atoms with Crippen LogP contribution in [0.25, 0.3) is 0 Å². The van der Waals surface area contributed by atoms with E-state index in [1.807, 2.05) is 0 Å². The molecule has 0 saturated carbocycles. The Kier molecular flexibility index (Phi) is 4.15. The van der Waals surface area contributed by atoms with Gasteiger partial charge in [0.2, 0.25) is 0 Å². The highest BCUT2D eigenvalue weighted by molar-refractivity contribution is 7.87. The van der Waals surface area contributed by atoms with Gasteiger partial charge >= 0.3 is 16.6 Å². The highest BCUT2D eigenvalue weighted by atomic mass is 32.2. The van der Waals surface area contributed by atoms with Gasteiger partial charge in [-0.25, -0.2) is 0 Å². The molecule has 0 spiro atoms. The molecule has 0 aromatic heterocycles. The minimum atomic E-state index is -4.05. The first-order valence-electron chi connectivity index (χ1n) is 3.10. The molecule has 0 aromatic carbocycles. The van der Waals surface area contributed by atoms with E-state index >= 15 is 0 Å². The minimum Gasteiger partial charge on any atom is -0.391 e. The molecule has 0 bridgehead atoms. The van der Waals surface area contributed by atoms with Gasteiger partial charge < -0.3 is 14.4 Å². The molecule has 0 rings (SSSR count). The Bertz CT molecular complexity index is 230. The lowest BCUT2D eigenvalue weighted by Crippen LogP contribution is -2.31. The molecule has 0 fully saturated rings. The zero-order chi connectivity index (χ0) is 9.78. The first-order valence-corrected chi connectivity index (χ1v) is 4.67. The zero-order valence-electron chi connectivity index (χ0n) is 6.37. The van der Waals surface area contributed by atoms with Crippen LogP contribution in [-0.2, 0) is 19.1 Å². The summed E-state index contributed by atoms with van der Waals surface area (Å²) in [6, 6.07) is 0. The summed E-state index contributed by atoms with van der Waals surface area (Å²) < 4.78 is 24.9. The quantitative estimate of drug-likeness (QED) is 0.400. The number of aliphatic hydroxyl groups is 2. The lowest BCUT2D eigenvalue weighted by atomic mass is 10.3. The molecule has 0 saturated heterocycles. The zero-order valence-corrected chi connectivity index (χ0v) is 7.19. The largest absolute Gasteiger partial charge is 0.391 e. The number of aliphatic hydroxyl groups excluding tert-OH is 2. The van der Waals surface area contributed by atoms with E-state index in [1.54, 1.807) is 0 Å². The van der Waals surface area contributed by atoms with Crippen molar-refractivity contribution in [3.63, 3.8) is 0 Å². The number of hydrogen-bond donors (Lipinski definition) is 2. The Morgan fingerprint density at radius 1 is 1.50 bits per heavy atom. The van der Waals surface area contributed by atoms with Gasteiger partial charge in [0.05, 0.1) is 12.2 Å². The maximum absolute atomic E-state index is 10.6. The van der Waals surface area contributed by atoms with E-state index in [1.165, 1.54) is 6.92 Å². The van der Waals surface area contributed by atoms with Gasteiger partial charge in [-0.3, -0.25) is 4.79 Å². The van der Waals surface area contributed by atoms with Crippen molar-refractivity contribution < 1.29 is 27.6 Å². The van der Waals surface area contributed by atoms with Crippen LogP contribution in [0.3, 0.4) is 0 Å². The van der Waals surface area contributed by atoms with E-state index in [2.05, 4.69) is 4.18 Å². The summed E-state index contributed by atoms with van der Waals surface area (Å²) in [5.74, 6) is -0.802. The highest BCUT2D eigenvalue weighted by Gasteiger charge is 2.21. The molecule has 0 aliphatic carbocycles. The van der Waals surface area contributed by atoms with Crippen LogP contribution in [0.1, 0.15) is 6.92 Å². The van der Waals surface area contributed by atoms with Crippen LogP contribution in [0.2, 0.25) is 0 Å². The minimum absolute atomic E-state index is 0.246. The molecule has 0 amide bonds. The molecule has 72 valence electrons. The van der Waals surface area contributed by atoms with Gasteiger partial charge in [-0.1, -0.05) is 0 Å². The molecule has 0 radical (unpaired) electrons. The monoisotopic (exact) mass is 198 g/mol. The van der Waals surface area contributed by atoms with Gasteiger partial charge in [0, 0.05) is 0 Å². The Hall–Kier alpha value is -0.660. The number of carbonyl (C=O) groups excluding carboxylic acids is 1. The Labute approximate surface area is 69.9 Å². The predicted octanol–water partition coefficient (Wildman–Crippen LogP) is -1.77. The van der Waals surface area contributed by atoms with Crippen LogP contribution in [-0.4, -0.2) is 43.1 Å². The van der Waals surface area contributed by atoms with Crippen LogP contribution >= 0.6 is 0 Å². The van der Waals surface area contributed by atoms with Gasteiger partial charge in [0.25, 0.3) is 0 Å². The normalized spacial score (nSPS) is 16.6. The second-order valence-electron chi connectivity index (χ2n) is 2.22. The summed E-state index contributed by atoms with van der Waals surface area (Å²) in [5, 5.41) is 17.6. The lowest BCUT2D eigenvalue weighted by Gasteiger charge is -2.11. The first-order chi connectivity index (χ1) is 5.39. The molecule has 12 heavy (non-hydrogen) atoms. The van der Waals surface area contributed by atoms with Crippen molar-refractivity contribution in [2.45, 2.75) is 19.1 Å². The predicted molar refractivity (Wildman–Crippen MR) is 38.6 cm³/mol. The fourth-order valence-corrected chi connectivity index (χ4v) is 1.34. The average Bonchev–Trinajstić information content (AvgIpc) is 1.85. The van der Waals surface area contributed by atoms with Crippen LogP contribution in [0.5, 0.6) is 0 Å². The molecular weight excluding hydrogens is 188 g/mol. The third-order valence-corrected chi connectivity index (χ3v) is 2.24. The van der Waals surface area contributed by atoms with E-state index in [-0.39, 0.29) is 6.47 Å². The lowest BCUT2D eigenvalue weighted by molar-refractivity contribution is -0.120. The molecule has 2 unspecified atom stereocenters. The van der Waals surface area contributed by atoms with Gasteiger partial charge in [-0.05, 0) is 6.92 Å². The molecule has 7 heteroatoms. The van der Waals surface area contributed by atoms with E-state index < -0.39 is 28.1 Å². The average molecular weight is 198 g/mol. The van der Waals surface area contributed by atoms with Gasteiger partial charge in [0.1, 0.15) is 5.75 Å². The fraction of sp³-hybridized carbons (Fsp3) is 0.800. The van der Waals surface area contributed by atoms with Gasteiger partial charge in [0.15, 0.2) is 0 Å². The van der Waals surface area contributed by atoms with Crippen molar-refractivity contribution in [2.24, 2.45) is 0 Å². The SMILES string of the molecule is CC(O)C(O)CS(=O)(=O)OC=O. The molecule has 2 atom stereocenters. The topological polar surface area (TPSA) is 101 Å². The van der Waals surface area contributed by atoms with Crippen LogP contribution in [0.4, 0.5) is 0 Å². The van der Waals surface area contributed by atoms with E-state index in [0.717, 1.165) is 0 Å². The Morgan fingerprint density at radius 2 is 2.00 bits per heavy atom. The molecule has 0 aliphatic rings. The van der Waals surface area contributed by atoms with Crippen molar-refractivity contribution in [1.29, 1.82) is 0 Å². The van der Waals surface area contributed by atoms with Crippen molar-refractivity contribution in [2.75, 3.05) is 5.75 Å². The number of hydrogen-bond acceptors (Lipinski definition) is 6. The molecule has 0 aromatic rings. The van der Waals surface area contributed by atoms with Crippen molar-refractivity contribution >= 4 is 16.6 Å². The number of rotatable bonds is 5. The number of carbonyl (C=O) groups is 1. The second-order valence-corrected chi connectivity index (χ2v) is 3.87. The molecule has 6 nitrogen and oxygen atoms in total. The molecule has 2 N–H and O–H groups in total.